The number of aryl methyl sites for hydroxylation is 4. The lowest BCUT2D eigenvalue weighted by atomic mass is 9.84. The van der Waals surface area contributed by atoms with Crippen LogP contribution in [0.1, 0.15) is 137 Å². The summed E-state index contributed by atoms with van der Waals surface area (Å²) in [5.41, 5.74) is 8.87. The Balaban J connectivity index is 1.14. The third-order valence-electron chi connectivity index (χ3n) is 15.7. The molecule has 4 aliphatic rings. The van der Waals surface area contributed by atoms with E-state index in [9.17, 15) is 19.2 Å². The van der Waals surface area contributed by atoms with Crippen molar-refractivity contribution in [2.45, 2.75) is 153 Å². The number of hydrogen-bond donors (Lipinski definition) is 4. The van der Waals surface area contributed by atoms with Crippen LogP contribution in [-0.4, -0.2) is 116 Å². The van der Waals surface area contributed by atoms with Crippen molar-refractivity contribution in [3.63, 3.8) is 0 Å². The van der Waals surface area contributed by atoms with Gasteiger partial charge in [0, 0.05) is 23.2 Å². The van der Waals surface area contributed by atoms with Crippen LogP contribution in [0.4, 0.5) is 9.59 Å². The number of aromatic amines is 2. The molecular formula is C54H74N8O6S2. The molecule has 4 N–H and O–H groups in total. The molecule has 4 aromatic rings. The number of carbonyl (C=O) groups is 4. The number of imidazole rings is 2. The summed E-state index contributed by atoms with van der Waals surface area (Å²) in [4.78, 5) is 76.1. The summed E-state index contributed by atoms with van der Waals surface area (Å²) in [7, 11) is 2.67. The van der Waals surface area contributed by atoms with Crippen LogP contribution in [0.5, 0.6) is 0 Å². The maximum absolute atomic E-state index is 14.7. The van der Waals surface area contributed by atoms with Crippen molar-refractivity contribution in [3.05, 3.63) is 82.7 Å². The van der Waals surface area contributed by atoms with Gasteiger partial charge in [-0.15, -0.1) is 0 Å². The van der Waals surface area contributed by atoms with E-state index in [-0.39, 0.29) is 36.0 Å². The van der Waals surface area contributed by atoms with Crippen molar-refractivity contribution < 1.29 is 28.7 Å². The number of amides is 4. The first kappa shape index (κ1) is 51.4. The third kappa shape index (κ3) is 11.4. The van der Waals surface area contributed by atoms with Crippen LogP contribution < -0.4 is 10.6 Å². The van der Waals surface area contributed by atoms with Gasteiger partial charge in [-0.3, -0.25) is 9.59 Å². The Labute approximate surface area is 422 Å². The average Bonchev–Trinajstić information content (AvgIpc) is 4.23. The zero-order valence-corrected chi connectivity index (χ0v) is 43.7. The molecule has 2 saturated carbocycles. The fourth-order valence-electron chi connectivity index (χ4n) is 12.0. The molecule has 0 radical (unpaired) electrons. The quantitative estimate of drug-likeness (QED) is 0.0708. The summed E-state index contributed by atoms with van der Waals surface area (Å²) in [6.45, 7) is 4.36. The first-order valence-electron chi connectivity index (χ1n) is 25.7. The van der Waals surface area contributed by atoms with Crippen LogP contribution in [0.25, 0.3) is 22.5 Å². The maximum atomic E-state index is 14.7. The number of nitrogens with one attached hydrogen (secondary N) is 4. The molecule has 14 nitrogen and oxygen atoms in total. The van der Waals surface area contributed by atoms with Gasteiger partial charge in [0.25, 0.3) is 0 Å². The largest absolute Gasteiger partial charge is 0.453 e. The number of ether oxygens (including phenoxy) is 2. The van der Waals surface area contributed by atoms with Gasteiger partial charge in [-0.05, 0) is 147 Å². The van der Waals surface area contributed by atoms with E-state index in [0.717, 1.165) is 141 Å². The van der Waals surface area contributed by atoms with E-state index in [0.29, 0.717) is 24.7 Å². The summed E-state index contributed by atoms with van der Waals surface area (Å²) in [5.74, 6) is 3.61. The molecule has 8 rings (SSSR count). The predicted molar refractivity (Wildman–Crippen MR) is 279 cm³/mol. The average molecular weight is 995 g/mol. The number of H-pyrrole nitrogens is 2. The Bertz CT molecular complexity index is 2420. The van der Waals surface area contributed by atoms with Crippen LogP contribution in [0.15, 0.2) is 48.8 Å². The number of benzene rings is 2. The number of alkyl carbamates (subject to hydrolysis) is 2. The summed E-state index contributed by atoms with van der Waals surface area (Å²) in [5, 5.41) is 5.73. The van der Waals surface area contributed by atoms with Crippen molar-refractivity contribution in [2.75, 3.05) is 38.2 Å². The number of nitrogens with zero attached hydrogens (tertiary/aromatic N) is 4. The number of likely N-dealkylation sites (tertiary alicyclic amines) is 2. The highest BCUT2D eigenvalue weighted by Gasteiger charge is 2.49. The van der Waals surface area contributed by atoms with Crippen LogP contribution in [0, 0.1) is 11.8 Å². The van der Waals surface area contributed by atoms with Crippen LogP contribution >= 0.6 is 23.5 Å². The Kier molecular flexibility index (Phi) is 17.6. The minimum Gasteiger partial charge on any atom is -0.453 e. The molecule has 4 amide bonds. The smallest absolute Gasteiger partial charge is 0.407 e. The number of rotatable bonds is 19. The zero-order chi connectivity index (χ0) is 49.3. The molecule has 2 saturated heterocycles. The lowest BCUT2D eigenvalue weighted by molar-refractivity contribution is -0.138. The van der Waals surface area contributed by atoms with E-state index < -0.39 is 24.3 Å². The molecule has 16 heteroatoms. The van der Waals surface area contributed by atoms with Gasteiger partial charge in [0.2, 0.25) is 11.8 Å². The van der Waals surface area contributed by atoms with Gasteiger partial charge in [-0.1, -0.05) is 63.8 Å². The second-order valence-corrected chi connectivity index (χ2v) is 21.7. The minimum atomic E-state index is -0.690. The fraction of sp³-hybridized carbons (Fsp3) is 0.593. The van der Waals surface area contributed by atoms with E-state index in [4.69, 9.17) is 19.4 Å². The topological polar surface area (TPSA) is 175 Å². The van der Waals surface area contributed by atoms with Crippen molar-refractivity contribution in [1.82, 2.24) is 40.4 Å². The van der Waals surface area contributed by atoms with Crippen molar-refractivity contribution in [3.8, 4) is 22.5 Å². The monoisotopic (exact) mass is 995 g/mol. The summed E-state index contributed by atoms with van der Waals surface area (Å²) < 4.78 is 9.94. The van der Waals surface area contributed by atoms with Gasteiger partial charge in [-0.2, -0.15) is 23.5 Å². The molecule has 0 bridgehead atoms. The van der Waals surface area contributed by atoms with E-state index >= 15 is 0 Å². The zero-order valence-electron chi connectivity index (χ0n) is 42.0. The molecule has 2 aromatic carbocycles. The first-order chi connectivity index (χ1) is 34.1. The van der Waals surface area contributed by atoms with Gasteiger partial charge in [0.05, 0.1) is 50.1 Å². The van der Waals surface area contributed by atoms with E-state index in [1.54, 1.807) is 23.5 Å². The van der Waals surface area contributed by atoms with Gasteiger partial charge < -0.3 is 39.9 Å². The van der Waals surface area contributed by atoms with Crippen LogP contribution in [0.3, 0.4) is 0 Å². The van der Waals surface area contributed by atoms with Crippen LogP contribution in [0.2, 0.25) is 0 Å². The molecule has 4 heterocycles. The highest BCUT2D eigenvalue weighted by atomic mass is 32.2. The van der Waals surface area contributed by atoms with Crippen molar-refractivity contribution in [2.24, 2.45) is 11.8 Å². The molecule has 8 atom stereocenters. The van der Waals surface area contributed by atoms with Gasteiger partial charge in [0.15, 0.2) is 0 Å². The normalized spacial score (nSPS) is 22.8. The summed E-state index contributed by atoms with van der Waals surface area (Å²) >= 11 is 3.31. The lowest BCUT2D eigenvalue weighted by Crippen LogP contribution is -2.52. The second-order valence-electron chi connectivity index (χ2n) is 19.7. The lowest BCUT2D eigenvalue weighted by Gasteiger charge is -2.36. The molecule has 2 aromatic heterocycles. The number of fused-ring (bicyclic) bond motifs is 2. The Morgan fingerprint density at radius 3 is 1.57 bits per heavy atom. The number of carbonyl (C=O) groups excluding carboxylic acids is 4. The fourth-order valence-corrected chi connectivity index (χ4v) is 12.9. The molecule has 2 aliphatic carbocycles. The third-order valence-corrected chi connectivity index (χ3v) is 17.0. The van der Waals surface area contributed by atoms with Crippen molar-refractivity contribution >= 4 is 47.5 Å². The molecule has 4 unspecified atom stereocenters. The summed E-state index contributed by atoms with van der Waals surface area (Å²) in [6.07, 6.45) is 21.2. The molecule has 70 heavy (non-hydrogen) atoms. The van der Waals surface area contributed by atoms with E-state index in [1.807, 2.05) is 24.9 Å². The Hall–Kier alpha value is -4.96. The second kappa shape index (κ2) is 24.0. The van der Waals surface area contributed by atoms with Gasteiger partial charge in [0.1, 0.15) is 23.7 Å². The van der Waals surface area contributed by atoms with Gasteiger partial charge >= 0.3 is 12.2 Å². The number of aromatic nitrogens is 4. The SMILES string of the molecule is CCc1ccc(CCc2cc(-c3cnc([C@@H]4CC5CCCCC5N4C(=O)[C@H](CCSC)NC(=O)OC)[nH]3)c(CC)cc2-c2cnc([C@@H]3CC4CCCCC4N3C(=O)[C@H](CCSC)NC(=O)OC)[nH]2)cc1. The Morgan fingerprint density at radius 1 is 0.657 bits per heavy atom. The van der Waals surface area contributed by atoms with Crippen molar-refractivity contribution in [1.29, 1.82) is 0 Å². The first-order valence-corrected chi connectivity index (χ1v) is 28.5. The molecule has 2 aliphatic heterocycles. The van der Waals surface area contributed by atoms with Crippen LogP contribution in [-0.2, 0) is 44.7 Å². The molecule has 4 fully saturated rings. The maximum Gasteiger partial charge on any atom is 0.407 e. The molecule has 378 valence electrons. The minimum absolute atomic E-state index is 0.0688. The standard InChI is InChI=1S/C54H74N8O6S2/c1-7-33-17-19-34(20-18-33)21-22-36-28-39(43-31-55-49(57-43)47-29-37-13-9-11-15-45(37)61(47)51(63)41(23-25-69-5)59-53(65)67-3)35(8-2)27-40(36)44-32-56-50(58-44)48-30-38-14-10-12-16-46(38)62(48)52(64)42(24-26-70-6)60-54(66)68-4/h17-20,27-28,31-32,37-38,41-42,45-48H,7-16,21-26,29-30H2,1-6H3,(H,55,57)(H,56,58)(H,59,65)(H,60,66)/t37?,38?,41-,42-,45?,46?,47-,48-/m0/s1. The Morgan fingerprint density at radius 2 is 1.11 bits per heavy atom. The molecular weight excluding hydrogens is 921 g/mol. The molecule has 0 spiro atoms. The predicted octanol–water partition coefficient (Wildman–Crippen LogP) is 10.00. The highest BCUT2D eigenvalue weighted by molar-refractivity contribution is 7.98. The number of hydrogen-bond acceptors (Lipinski definition) is 10. The highest BCUT2D eigenvalue weighted by Crippen LogP contribution is 2.48. The van der Waals surface area contributed by atoms with E-state index in [1.165, 1.54) is 30.9 Å². The summed E-state index contributed by atoms with van der Waals surface area (Å²) in [6, 6.07) is 11.8. The number of thioether (sulfide) groups is 2. The van der Waals surface area contributed by atoms with Gasteiger partial charge in [-0.25, -0.2) is 19.6 Å². The number of methoxy groups -OCH3 is 2. The van der Waals surface area contributed by atoms with E-state index in [2.05, 4.69) is 80.6 Å².